The van der Waals surface area contributed by atoms with E-state index in [0.29, 0.717) is 9.32 Å². The molecule has 0 spiro atoms. The second-order valence-electron chi connectivity index (χ2n) is 4.28. The van der Waals surface area contributed by atoms with Gasteiger partial charge in [-0.3, -0.25) is 5.32 Å². The van der Waals surface area contributed by atoms with Crippen molar-refractivity contribution in [2.24, 2.45) is 0 Å². The van der Waals surface area contributed by atoms with Gasteiger partial charge in [0, 0.05) is 18.3 Å². The van der Waals surface area contributed by atoms with Crippen LogP contribution in [0.2, 0.25) is 0 Å². The van der Waals surface area contributed by atoms with Crippen LogP contribution >= 0.6 is 22.6 Å². The Labute approximate surface area is 152 Å². The van der Waals surface area contributed by atoms with Crippen molar-refractivity contribution in [3.8, 4) is 11.6 Å². The zero-order valence-corrected chi connectivity index (χ0v) is 15.6. The highest BCUT2D eigenvalue weighted by molar-refractivity contribution is 14.1. The van der Waals surface area contributed by atoms with Gasteiger partial charge in [0.05, 0.1) is 17.8 Å². The summed E-state index contributed by atoms with van der Waals surface area (Å²) in [7, 11) is -1.27. The normalized spacial score (nSPS) is 10.8. The first-order valence-corrected chi connectivity index (χ1v) is 8.96. The fraction of sp³-hybridized carbons (Fsp3) is 0.154. The molecule has 24 heavy (non-hydrogen) atoms. The first-order chi connectivity index (χ1) is 11.4. The van der Waals surface area contributed by atoms with Crippen LogP contribution in [0.4, 0.5) is 10.6 Å². The fourth-order valence-corrected chi connectivity index (χ4v) is 3.78. The summed E-state index contributed by atoms with van der Waals surface area (Å²) >= 11 is 1.82. The maximum absolute atomic E-state index is 12.2. The number of halogens is 1. The van der Waals surface area contributed by atoms with E-state index < -0.39 is 16.1 Å². The number of pyridine rings is 2. The first kappa shape index (κ1) is 18.2. The molecule has 2 heterocycles. The quantitative estimate of drug-likeness (QED) is 0.646. The molecule has 2 amide bonds. The smallest absolute Gasteiger partial charge is 0.334 e. The summed E-state index contributed by atoms with van der Waals surface area (Å²) in [6, 6.07) is 5.09. The number of hydrogen-bond donors (Lipinski definition) is 2. The zero-order chi connectivity index (χ0) is 17.7. The molecule has 2 aromatic heterocycles. The summed E-state index contributed by atoms with van der Waals surface area (Å²) in [5.41, 5.74) is 0. The predicted molar refractivity (Wildman–Crippen MR) is 93.6 cm³/mol. The van der Waals surface area contributed by atoms with E-state index in [1.807, 2.05) is 27.3 Å². The fourth-order valence-electron chi connectivity index (χ4n) is 1.65. The van der Waals surface area contributed by atoms with Gasteiger partial charge in [0.25, 0.3) is 10.0 Å². The molecule has 0 fully saturated rings. The standard InChI is InChI=1S/C13H13IN4O5S/c1-22-8-6-10(16-11(7-8)23-2)17-13(19)18-24(20,21)12-9(14)4-3-5-15-12/h3-7H,1-2H3,(H2,16,17,18,19). The molecule has 0 aliphatic carbocycles. The molecule has 0 atom stereocenters. The third kappa shape index (κ3) is 4.44. The molecule has 128 valence electrons. The minimum atomic E-state index is -4.11. The number of hydrogen-bond acceptors (Lipinski definition) is 7. The summed E-state index contributed by atoms with van der Waals surface area (Å²) in [6.45, 7) is 0. The van der Waals surface area contributed by atoms with Gasteiger partial charge in [-0.1, -0.05) is 0 Å². The van der Waals surface area contributed by atoms with E-state index in [1.165, 1.54) is 32.5 Å². The molecular weight excluding hydrogens is 451 g/mol. The zero-order valence-electron chi connectivity index (χ0n) is 12.6. The Morgan fingerprint density at radius 1 is 1.25 bits per heavy atom. The van der Waals surface area contributed by atoms with Crippen molar-refractivity contribution in [2.45, 2.75) is 5.03 Å². The molecule has 11 heteroatoms. The maximum atomic E-state index is 12.2. The minimum Gasteiger partial charge on any atom is -0.496 e. The van der Waals surface area contributed by atoms with E-state index in [1.54, 1.807) is 12.1 Å². The van der Waals surface area contributed by atoms with E-state index >= 15 is 0 Å². The number of nitrogens with zero attached hydrogens (tertiary/aromatic N) is 2. The van der Waals surface area contributed by atoms with Gasteiger partial charge in [-0.15, -0.1) is 0 Å². The van der Waals surface area contributed by atoms with Crippen LogP contribution in [-0.4, -0.2) is 38.6 Å². The van der Waals surface area contributed by atoms with Crippen molar-refractivity contribution in [1.82, 2.24) is 14.7 Å². The molecule has 0 aliphatic rings. The van der Waals surface area contributed by atoms with Crippen molar-refractivity contribution in [1.29, 1.82) is 0 Å². The number of urea groups is 1. The summed E-state index contributed by atoms with van der Waals surface area (Å²) in [5, 5.41) is 2.07. The van der Waals surface area contributed by atoms with Crippen LogP contribution < -0.4 is 19.5 Å². The predicted octanol–water partition coefficient (Wildman–Crippen LogP) is 1.61. The Morgan fingerprint density at radius 3 is 2.62 bits per heavy atom. The van der Waals surface area contributed by atoms with Crippen molar-refractivity contribution >= 4 is 44.5 Å². The molecule has 2 rings (SSSR count). The lowest BCUT2D eigenvalue weighted by Gasteiger charge is -2.10. The van der Waals surface area contributed by atoms with Crippen molar-refractivity contribution in [3.63, 3.8) is 0 Å². The van der Waals surface area contributed by atoms with Gasteiger partial charge < -0.3 is 9.47 Å². The number of aromatic nitrogens is 2. The summed E-state index contributed by atoms with van der Waals surface area (Å²) < 4.78 is 36.7. The van der Waals surface area contributed by atoms with E-state index in [2.05, 4.69) is 15.3 Å². The maximum Gasteiger partial charge on any atom is 0.334 e. The van der Waals surface area contributed by atoms with Crippen LogP contribution in [-0.2, 0) is 10.0 Å². The molecule has 2 N–H and O–H groups in total. The largest absolute Gasteiger partial charge is 0.496 e. The average Bonchev–Trinajstić information content (AvgIpc) is 2.53. The second kappa shape index (κ2) is 7.61. The Bertz CT molecular complexity index is 837. The van der Waals surface area contributed by atoms with Crippen LogP contribution in [0, 0.1) is 3.57 Å². The Balaban J connectivity index is 2.18. The monoisotopic (exact) mass is 464 g/mol. The molecule has 0 aromatic carbocycles. The van der Waals surface area contributed by atoms with Crippen LogP contribution in [0.1, 0.15) is 0 Å². The molecule has 0 aliphatic heterocycles. The number of sulfonamides is 1. The van der Waals surface area contributed by atoms with Crippen molar-refractivity contribution in [2.75, 3.05) is 19.5 Å². The van der Waals surface area contributed by atoms with E-state index in [9.17, 15) is 13.2 Å². The van der Waals surface area contributed by atoms with E-state index in [0.717, 1.165) is 0 Å². The van der Waals surface area contributed by atoms with Gasteiger partial charge in [-0.2, -0.15) is 13.4 Å². The molecule has 0 saturated carbocycles. The number of methoxy groups -OCH3 is 2. The molecule has 0 saturated heterocycles. The molecule has 0 radical (unpaired) electrons. The Kier molecular flexibility index (Phi) is 5.77. The highest BCUT2D eigenvalue weighted by Crippen LogP contribution is 2.21. The second-order valence-corrected chi connectivity index (χ2v) is 7.04. The molecule has 0 unspecified atom stereocenters. The highest BCUT2D eigenvalue weighted by Gasteiger charge is 2.22. The number of anilines is 1. The summed E-state index contributed by atoms with van der Waals surface area (Å²) in [5.74, 6) is 0.653. The minimum absolute atomic E-state index is 0.0645. The number of rotatable bonds is 5. The number of carbonyl (C=O) groups excluding carboxylic acids is 1. The van der Waals surface area contributed by atoms with Gasteiger partial charge >= 0.3 is 6.03 Å². The highest BCUT2D eigenvalue weighted by atomic mass is 127. The van der Waals surface area contributed by atoms with Gasteiger partial charge in [-0.25, -0.2) is 14.5 Å². The van der Waals surface area contributed by atoms with E-state index in [4.69, 9.17) is 9.47 Å². The molecule has 9 nitrogen and oxygen atoms in total. The van der Waals surface area contributed by atoms with Crippen LogP contribution in [0.5, 0.6) is 11.6 Å². The van der Waals surface area contributed by atoms with Crippen LogP contribution in [0.3, 0.4) is 0 Å². The number of nitrogens with one attached hydrogen (secondary N) is 2. The van der Waals surface area contributed by atoms with Gasteiger partial charge in [0.1, 0.15) is 11.6 Å². The van der Waals surface area contributed by atoms with Gasteiger partial charge in [0.2, 0.25) is 5.88 Å². The molecule has 0 bridgehead atoms. The first-order valence-electron chi connectivity index (χ1n) is 6.40. The topological polar surface area (TPSA) is 120 Å². The Hall–Kier alpha value is -2.15. The lowest BCUT2D eigenvalue weighted by Crippen LogP contribution is -2.35. The summed E-state index contributed by atoms with van der Waals surface area (Å²) in [4.78, 5) is 19.7. The third-order valence-corrected chi connectivity index (χ3v) is 5.19. The van der Waals surface area contributed by atoms with Crippen LogP contribution in [0.15, 0.2) is 35.5 Å². The number of carbonyl (C=O) groups is 1. The van der Waals surface area contributed by atoms with Crippen molar-refractivity contribution < 1.29 is 22.7 Å². The van der Waals surface area contributed by atoms with Crippen LogP contribution in [0.25, 0.3) is 0 Å². The van der Waals surface area contributed by atoms with Crippen molar-refractivity contribution in [3.05, 3.63) is 34.0 Å². The summed E-state index contributed by atoms with van der Waals surface area (Å²) in [6.07, 6.45) is 1.32. The number of ether oxygens (including phenoxy) is 2. The SMILES string of the molecule is COc1cc(NC(=O)NS(=O)(=O)c2ncccc2I)nc(OC)c1. The van der Waals surface area contributed by atoms with Gasteiger partial charge in [-0.05, 0) is 34.7 Å². The molecular formula is C13H13IN4O5S. The average molecular weight is 464 g/mol. The Morgan fingerprint density at radius 2 is 2.00 bits per heavy atom. The third-order valence-electron chi connectivity index (χ3n) is 2.67. The van der Waals surface area contributed by atoms with E-state index in [-0.39, 0.29) is 16.7 Å². The number of amides is 2. The van der Waals surface area contributed by atoms with Gasteiger partial charge in [0.15, 0.2) is 5.03 Å². The lowest BCUT2D eigenvalue weighted by atomic mass is 10.4. The molecule has 2 aromatic rings. The lowest BCUT2D eigenvalue weighted by molar-refractivity contribution is 0.256.